The van der Waals surface area contributed by atoms with Crippen LogP contribution in [0.1, 0.15) is 6.92 Å². The number of carbonyl (C=O) groups excluding carboxylic acids is 1. The molecule has 0 fully saturated rings. The quantitative estimate of drug-likeness (QED) is 0.778. The number of anilines is 1. The number of nitrogens with one attached hydrogen (secondary N) is 1. The number of hydrogen-bond donors (Lipinski definition) is 1. The second-order valence-corrected chi connectivity index (χ2v) is 4.35. The van der Waals surface area contributed by atoms with E-state index in [0.29, 0.717) is 16.7 Å². The van der Waals surface area contributed by atoms with Crippen molar-refractivity contribution < 1.29 is 9.53 Å². The minimum absolute atomic E-state index is 0.529. The first kappa shape index (κ1) is 9.96. The third kappa shape index (κ3) is 1.79. The molecule has 2 heterocycles. The monoisotopic (exact) mass is 222 g/mol. The Bertz CT molecular complexity index is 464. The molecule has 0 saturated heterocycles. The fraction of sp³-hybridized carbons (Fsp3) is 0.200. The Kier molecular flexibility index (Phi) is 2.85. The molecule has 0 saturated carbocycles. The van der Waals surface area contributed by atoms with Crippen molar-refractivity contribution in [1.82, 2.24) is 4.98 Å². The second kappa shape index (κ2) is 4.29. The minimum atomic E-state index is -0.805. The predicted octanol–water partition coefficient (Wildman–Crippen LogP) is 2.04. The first-order valence-corrected chi connectivity index (χ1v) is 5.76. The van der Waals surface area contributed by atoms with Gasteiger partial charge in [0.05, 0.1) is 18.5 Å². The van der Waals surface area contributed by atoms with Gasteiger partial charge < -0.3 is 10.1 Å². The molecule has 1 N–H and O–H groups in total. The lowest BCUT2D eigenvalue weighted by atomic mass is 10.4. The molecule has 0 bridgehead atoms. The number of hydrogen-bond acceptors (Lipinski definition) is 4. The highest BCUT2D eigenvalue weighted by Crippen LogP contribution is 2.40. The van der Waals surface area contributed by atoms with E-state index in [4.69, 9.17) is 4.74 Å². The van der Waals surface area contributed by atoms with Gasteiger partial charge in [0.1, 0.15) is 5.03 Å². The van der Waals surface area contributed by atoms with Crippen LogP contribution in [0.25, 0.3) is 0 Å². The maximum absolute atomic E-state index is 10.9. The van der Waals surface area contributed by atoms with Crippen molar-refractivity contribution in [2.24, 2.45) is 0 Å². The highest BCUT2D eigenvalue weighted by molar-refractivity contribution is 8.17. The molecule has 1 aliphatic rings. The molecule has 15 heavy (non-hydrogen) atoms. The molecule has 4 nitrogen and oxygen atoms in total. The van der Waals surface area contributed by atoms with Crippen LogP contribution in [0.4, 0.5) is 5.69 Å². The van der Waals surface area contributed by atoms with Crippen molar-refractivity contribution in [3.05, 3.63) is 29.6 Å². The number of nitrogens with zero attached hydrogens (tertiary/aromatic N) is 1. The van der Waals surface area contributed by atoms with Gasteiger partial charge in [0.25, 0.3) is 0 Å². The van der Waals surface area contributed by atoms with Crippen molar-refractivity contribution in [3.8, 4) is 0 Å². The van der Waals surface area contributed by atoms with Gasteiger partial charge in [0, 0.05) is 16.7 Å². The van der Waals surface area contributed by atoms with Gasteiger partial charge in [-0.15, -0.1) is 0 Å². The Morgan fingerprint density at radius 3 is 3.27 bits per heavy atom. The van der Waals surface area contributed by atoms with Crippen molar-refractivity contribution in [2.45, 2.75) is 11.9 Å². The number of rotatable bonds is 2. The maximum Gasteiger partial charge on any atom is 0.179 e. The van der Waals surface area contributed by atoms with Crippen molar-refractivity contribution >= 4 is 21.4 Å². The fourth-order valence-electron chi connectivity index (χ4n) is 1.28. The summed E-state index contributed by atoms with van der Waals surface area (Å²) >= 11 is 0. The van der Waals surface area contributed by atoms with Gasteiger partial charge in [-0.3, -0.25) is 0 Å². The maximum atomic E-state index is 10.9. The molecule has 0 aromatic carbocycles. The summed E-state index contributed by atoms with van der Waals surface area (Å²) in [6.45, 7) is 2.40. The molecule has 0 amide bonds. The van der Waals surface area contributed by atoms with Gasteiger partial charge in [0.15, 0.2) is 10.3 Å². The van der Waals surface area contributed by atoms with Gasteiger partial charge in [-0.05, 0) is 19.1 Å². The molecule has 78 valence electrons. The summed E-state index contributed by atoms with van der Waals surface area (Å²) in [5.41, 5.74) is 0.840. The highest BCUT2D eigenvalue weighted by Gasteiger charge is 2.18. The Morgan fingerprint density at radius 2 is 2.53 bits per heavy atom. The van der Waals surface area contributed by atoms with Crippen molar-refractivity contribution in [3.63, 3.8) is 0 Å². The largest absolute Gasteiger partial charge is 0.485 e. The van der Waals surface area contributed by atoms with E-state index in [-0.39, 0.29) is 0 Å². The van der Waals surface area contributed by atoms with Gasteiger partial charge in [-0.1, -0.05) is 0 Å². The average Bonchev–Trinajstić information content (AvgIpc) is 2.29. The number of pyridine rings is 1. The highest BCUT2D eigenvalue weighted by atomic mass is 32.2. The fourth-order valence-corrected chi connectivity index (χ4v) is 2.55. The Labute approximate surface area is 89.9 Å². The van der Waals surface area contributed by atoms with Crippen LogP contribution in [-0.2, 0) is 9.53 Å². The molecular formula is C10H10N2O2S. The van der Waals surface area contributed by atoms with Gasteiger partial charge in [-0.25, -0.2) is 9.78 Å². The molecule has 5 heteroatoms. The zero-order valence-electron chi connectivity index (χ0n) is 8.19. The summed E-state index contributed by atoms with van der Waals surface area (Å²) in [5, 5.41) is 6.31. The summed E-state index contributed by atoms with van der Waals surface area (Å²) in [6, 6.07) is 3.69. The van der Waals surface area contributed by atoms with Crippen LogP contribution < -0.4 is 5.32 Å². The number of fused-ring (bicyclic) bond motifs is 1. The van der Waals surface area contributed by atoms with Crippen LogP contribution in [0, 0.1) is 0 Å². The summed E-state index contributed by atoms with van der Waals surface area (Å²) in [4.78, 5) is 15.1. The molecular weight excluding hydrogens is 212 g/mol. The normalized spacial score (nSPS) is 18.2. The van der Waals surface area contributed by atoms with E-state index in [1.807, 2.05) is 24.3 Å². The first-order chi connectivity index (χ1) is 7.36. The van der Waals surface area contributed by atoms with Crippen LogP contribution in [0.3, 0.4) is 0 Å². The molecule has 1 aliphatic heterocycles. The molecule has 1 aromatic rings. The molecule has 0 radical (unpaired) electrons. The standard InChI is InChI=1S/C10H10N2O2S/c1-2-14-9-6-12-8-4-3-5-11-10(8)15(9)7-13/h3-6,12H,2H2,1H3. The van der Waals surface area contributed by atoms with Crippen LogP contribution in [0.5, 0.6) is 0 Å². The number of aromatic nitrogens is 1. The lowest BCUT2D eigenvalue weighted by Gasteiger charge is -2.18. The Morgan fingerprint density at radius 1 is 1.67 bits per heavy atom. The van der Waals surface area contributed by atoms with E-state index in [0.717, 1.165) is 5.69 Å². The van der Waals surface area contributed by atoms with Gasteiger partial charge in [-0.2, -0.15) is 0 Å². The zero-order chi connectivity index (χ0) is 10.7. The summed E-state index contributed by atoms with van der Waals surface area (Å²) in [6.07, 6.45) is 3.36. The predicted molar refractivity (Wildman–Crippen MR) is 59.1 cm³/mol. The average molecular weight is 222 g/mol. The van der Waals surface area contributed by atoms with Crippen LogP contribution in [-0.4, -0.2) is 16.8 Å². The van der Waals surface area contributed by atoms with Crippen LogP contribution >= 0.6 is 10.5 Å². The molecule has 1 unspecified atom stereocenters. The third-order valence-corrected chi connectivity index (χ3v) is 3.40. The lowest BCUT2D eigenvalue weighted by Crippen LogP contribution is -2.04. The molecule has 0 spiro atoms. The smallest absolute Gasteiger partial charge is 0.179 e. The van der Waals surface area contributed by atoms with Gasteiger partial charge in [0.2, 0.25) is 0 Å². The first-order valence-electron chi connectivity index (χ1n) is 4.53. The molecule has 2 rings (SSSR count). The zero-order valence-corrected chi connectivity index (χ0v) is 9.00. The minimum Gasteiger partial charge on any atom is -0.485 e. The Balaban J connectivity index is 2.47. The van der Waals surface area contributed by atoms with E-state index in [1.54, 1.807) is 12.4 Å². The second-order valence-electron chi connectivity index (χ2n) is 2.79. The van der Waals surface area contributed by atoms with E-state index in [9.17, 15) is 4.79 Å². The summed E-state index contributed by atoms with van der Waals surface area (Å²) < 4.78 is 5.35. The van der Waals surface area contributed by atoms with E-state index < -0.39 is 10.5 Å². The SMILES string of the molecule is CCOC1=CNc2cccnc2S1=C=O. The molecule has 1 aromatic heterocycles. The van der Waals surface area contributed by atoms with Gasteiger partial charge >= 0.3 is 0 Å². The third-order valence-electron chi connectivity index (χ3n) is 1.88. The molecule has 0 aliphatic carbocycles. The Hall–Kier alpha value is -1.58. The summed E-state index contributed by atoms with van der Waals surface area (Å²) in [7, 11) is -0.805. The lowest BCUT2D eigenvalue weighted by molar-refractivity contribution is 0.257. The number of ether oxygens (including phenoxy) is 1. The topological polar surface area (TPSA) is 51.2 Å². The van der Waals surface area contributed by atoms with Crippen molar-refractivity contribution in [2.75, 3.05) is 11.9 Å². The van der Waals surface area contributed by atoms with E-state index >= 15 is 0 Å². The van der Waals surface area contributed by atoms with E-state index in [2.05, 4.69) is 10.3 Å². The van der Waals surface area contributed by atoms with E-state index in [1.165, 1.54) is 0 Å². The summed E-state index contributed by atoms with van der Waals surface area (Å²) in [5.74, 6) is 0. The van der Waals surface area contributed by atoms with Crippen LogP contribution in [0.15, 0.2) is 34.6 Å². The van der Waals surface area contributed by atoms with Crippen molar-refractivity contribution in [1.29, 1.82) is 0 Å². The molecule has 1 atom stereocenters. The van der Waals surface area contributed by atoms with Crippen LogP contribution in [0.2, 0.25) is 0 Å².